The molecule has 132 valence electrons. The summed E-state index contributed by atoms with van der Waals surface area (Å²) in [5.74, 6) is 0.843. The highest BCUT2D eigenvalue weighted by Gasteiger charge is 2.39. The zero-order valence-electron chi connectivity index (χ0n) is 15.1. The van der Waals surface area contributed by atoms with Crippen molar-refractivity contribution >= 4 is 5.91 Å². The van der Waals surface area contributed by atoms with E-state index in [-0.39, 0.29) is 5.91 Å². The number of benzene rings is 1. The zero-order chi connectivity index (χ0) is 17.4. The number of hydrogen-bond acceptors (Lipinski definition) is 3. The minimum absolute atomic E-state index is 0.0559. The molecule has 0 aliphatic heterocycles. The van der Waals surface area contributed by atoms with E-state index < -0.39 is 0 Å². The first-order chi connectivity index (χ1) is 12.1. The SMILES string of the molecule is Cc1ccc(-n2cc(C(=O)N(C3CCC(C)CC3)C3CC3)nn2)cc1. The smallest absolute Gasteiger partial charge is 0.276 e. The second kappa shape index (κ2) is 6.62. The van der Waals surface area contributed by atoms with E-state index in [2.05, 4.69) is 29.1 Å². The Morgan fingerprint density at radius 2 is 1.64 bits per heavy atom. The lowest BCUT2D eigenvalue weighted by Gasteiger charge is -2.36. The number of carbonyl (C=O) groups is 1. The molecule has 0 atom stereocenters. The number of hydrogen-bond donors (Lipinski definition) is 0. The van der Waals surface area contributed by atoms with E-state index >= 15 is 0 Å². The Bertz CT molecular complexity index is 739. The number of amides is 1. The van der Waals surface area contributed by atoms with Crippen LogP contribution in [0.3, 0.4) is 0 Å². The fraction of sp³-hybridized carbons (Fsp3) is 0.550. The Balaban J connectivity index is 1.53. The normalized spacial score (nSPS) is 23.4. The molecule has 1 heterocycles. The third-order valence-corrected chi connectivity index (χ3v) is 5.56. The van der Waals surface area contributed by atoms with E-state index in [9.17, 15) is 4.79 Å². The molecule has 0 spiro atoms. The Labute approximate surface area is 149 Å². The molecule has 25 heavy (non-hydrogen) atoms. The Morgan fingerprint density at radius 1 is 1.04 bits per heavy atom. The number of carbonyl (C=O) groups excluding carboxylic acids is 1. The van der Waals surface area contributed by atoms with Crippen molar-refractivity contribution in [3.05, 3.63) is 41.7 Å². The van der Waals surface area contributed by atoms with Crippen LogP contribution in [0.4, 0.5) is 0 Å². The van der Waals surface area contributed by atoms with Gasteiger partial charge in [0.05, 0.1) is 11.9 Å². The monoisotopic (exact) mass is 338 g/mol. The van der Waals surface area contributed by atoms with Crippen molar-refractivity contribution in [2.24, 2.45) is 5.92 Å². The Kier molecular flexibility index (Phi) is 4.32. The summed E-state index contributed by atoms with van der Waals surface area (Å²) in [6.45, 7) is 4.37. The van der Waals surface area contributed by atoms with E-state index in [0.29, 0.717) is 17.8 Å². The molecule has 0 N–H and O–H groups in total. The molecule has 5 heteroatoms. The van der Waals surface area contributed by atoms with Crippen LogP contribution in [-0.2, 0) is 0 Å². The average molecular weight is 338 g/mol. The molecule has 1 aromatic carbocycles. The van der Waals surface area contributed by atoms with Crippen LogP contribution in [0.25, 0.3) is 5.69 Å². The van der Waals surface area contributed by atoms with Crippen molar-refractivity contribution in [2.75, 3.05) is 0 Å². The predicted octanol–water partition coefficient (Wildman–Crippen LogP) is 3.76. The molecule has 2 saturated carbocycles. The average Bonchev–Trinajstić information content (AvgIpc) is 3.32. The maximum Gasteiger partial charge on any atom is 0.276 e. The second-order valence-electron chi connectivity index (χ2n) is 7.74. The van der Waals surface area contributed by atoms with Crippen molar-refractivity contribution in [3.63, 3.8) is 0 Å². The van der Waals surface area contributed by atoms with Crippen molar-refractivity contribution in [1.82, 2.24) is 19.9 Å². The van der Waals surface area contributed by atoms with Crippen LogP contribution in [0.5, 0.6) is 0 Å². The number of nitrogens with zero attached hydrogens (tertiary/aromatic N) is 4. The van der Waals surface area contributed by atoms with Crippen molar-refractivity contribution in [3.8, 4) is 5.69 Å². The predicted molar refractivity (Wildman–Crippen MR) is 96.7 cm³/mol. The first-order valence-corrected chi connectivity index (χ1v) is 9.44. The molecular formula is C20H26N4O. The highest BCUT2D eigenvalue weighted by Crippen LogP contribution is 2.36. The molecule has 2 aromatic rings. The van der Waals surface area contributed by atoms with Crippen LogP contribution in [0.2, 0.25) is 0 Å². The first-order valence-electron chi connectivity index (χ1n) is 9.44. The topological polar surface area (TPSA) is 51.0 Å². The van der Waals surface area contributed by atoms with Crippen LogP contribution in [-0.4, -0.2) is 37.9 Å². The highest BCUT2D eigenvalue weighted by atomic mass is 16.2. The fourth-order valence-corrected chi connectivity index (χ4v) is 3.82. The van der Waals surface area contributed by atoms with E-state index in [0.717, 1.165) is 37.3 Å². The minimum atomic E-state index is 0.0559. The molecular weight excluding hydrogens is 312 g/mol. The summed E-state index contributed by atoms with van der Waals surface area (Å²) < 4.78 is 1.70. The molecule has 2 aliphatic rings. The summed E-state index contributed by atoms with van der Waals surface area (Å²) >= 11 is 0. The van der Waals surface area contributed by atoms with Crippen molar-refractivity contribution in [1.29, 1.82) is 0 Å². The third kappa shape index (κ3) is 3.46. The van der Waals surface area contributed by atoms with Crippen LogP contribution in [0.1, 0.15) is 61.5 Å². The highest BCUT2D eigenvalue weighted by molar-refractivity contribution is 5.92. The largest absolute Gasteiger partial charge is 0.331 e. The molecule has 0 radical (unpaired) electrons. The van der Waals surface area contributed by atoms with Gasteiger partial charge >= 0.3 is 0 Å². The van der Waals surface area contributed by atoms with Gasteiger partial charge in [-0.2, -0.15) is 0 Å². The van der Waals surface area contributed by atoms with Gasteiger partial charge in [-0.3, -0.25) is 4.79 Å². The minimum Gasteiger partial charge on any atom is -0.331 e. The lowest BCUT2D eigenvalue weighted by atomic mass is 9.86. The van der Waals surface area contributed by atoms with Crippen LogP contribution < -0.4 is 0 Å². The summed E-state index contributed by atoms with van der Waals surface area (Å²) in [5, 5.41) is 8.35. The van der Waals surface area contributed by atoms with Gasteiger partial charge in [0.25, 0.3) is 5.91 Å². The van der Waals surface area contributed by atoms with Gasteiger partial charge in [-0.15, -0.1) is 5.10 Å². The van der Waals surface area contributed by atoms with Crippen molar-refractivity contribution in [2.45, 2.75) is 64.5 Å². The Hall–Kier alpha value is -2.17. The van der Waals surface area contributed by atoms with Gasteiger partial charge in [0, 0.05) is 12.1 Å². The number of rotatable bonds is 4. The van der Waals surface area contributed by atoms with Gasteiger partial charge < -0.3 is 4.90 Å². The van der Waals surface area contributed by atoms with Crippen LogP contribution in [0, 0.1) is 12.8 Å². The lowest BCUT2D eigenvalue weighted by Crippen LogP contribution is -2.43. The molecule has 2 fully saturated rings. The third-order valence-electron chi connectivity index (χ3n) is 5.56. The molecule has 1 aromatic heterocycles. The summed E-state index contributed by atoms with van der Waals surface area (Å²) in [6, 6.07) is 8.87. The van der Waals surface area contributed by atoms with Crippen LogP contribution in [0.15, 0.2) is 30.5 Å². The van der Waals surface area contributed by atoms with Crippen molar-refractivity contribution < 1.29 is 4.79 Å². The number of aryl methyl sites for hydroxylation is 1. The molecule has 2 aliphatic carbocycles. The van der Waals surface area contributed by atoms with E-state index in [1.165, 1.54) is 18.4 Å². The summed E-state index contributed by atoms with van der Waals surface area (Å²) in [6.07, 6.45) is 8.71. The number of aromatic nitrogens is 3. The van der Waals surface area contributed by atoms with Gasteiger partial charge in [-0.1, -0.05) is 29.8 Å². The maximum atomic E-state index is 13.1. The van der Waals surface area contributed by atoms with Crippen LogP contribution >= 0.6 is 0 Å². The molecule has 1 amide bonds. The van der Waals surface area contributed by atoms with Gasteiger partial charge in [0.15, 0.2) is 5.69 Å². The lowest BCUT2D eigenvalue weighted by molar-refractivity contribution is 0.0587. The zero-order valence-corrected chi connectivity index (χ0v) is 15.1. The Morgan fingerprint density at radius 3 is 2.24 bits per heavy atom. The van der Waals surface area contributed by atoms with E-state index in [1.54, 1.807) is 10.9 Å². The van der Waals surface area contributed by atoms with Gasteiger partial charge in [0.2, 0.25) is 0 Å². The first kappa shape index (κ1) is 16.3. The molecule has 0 unspecified atom stereocenters. The summed E-state index contributed by atoms with van der Waals surface area (Å²) in [4.78, 5) is 15.2. The van der Waals surface area contributed by atoms with Gasteiger partial charge in [-0.05, 0) is 63.5 Å². The van der Waals surface area contributed by atoms with Gasteiger partial charge in [-0.25, -0.2) is 4.68 Å². The second-order valence-corrected chi connectivity index (χ2v) is 7.74. The van der Waals surface area contributed by atoms with E-state index in [1.807, 2.05) is 24.3 Å². The fourth-order valence-electron chi connectivity index (χ4n) is 3.82. The molecule has 0 bridgehead atoms. The summed E-state index contributed by atoms with van der Waals surface area (Å²) in [7, 11) is 0. The maximum absolute atomic E-state index is 13.1. The quantitative estimate of drug-likeness (QED) is 0.853. The molecule has 0 saturated heterocycles. The van der Waals surface area contributed by atoms with Gasteiger partial charge in [0.1, 0.15) is 0 Å². The van der Waals surface area contributed by atoms with E-state index in [4.69, 9.17) is 0 Å². The molecule has 5 nitrogen and oxygen atoms in total. The standard InChI is InChI=1S/C20H26N4O/c1-14-3-7-16(8-4-14)23-13-19(21-22-23)20(25)24(18-11-12-18)17-9-5-15(2)6-10-17/h3-4,7-8,13,15,17-18H,5-6,9-12H2,1-2H3. The molecule has 4 rings (SSSR count). The summed E-state index contributed by atoms with van der Waals surface area (Å²) in [5.41, 5.74) is 2.60.